The van der Waals surface area contributed by atoms with Crippen molar-refractivity contribution in [2.45, 2.75) is 26.2 Å². The van der Waals surface area contributed by atoms with Crippen LogP contribution in [0.1, 0.15) is 26.2 Å². The molecular formula is C10H19NO3S. The quantitative estimate of drug-likeness (QED) is 0.708. The van der Waals surface area contributed by atoms with E-state index in [9.17, 15) is 13.2 Å². The maximum atomic E-state index is 11.4. The Balaban J connectivity index is 2.41. The summed E-state index contributed by atoms with van der Waals surface area (Å²) >= 11 is 0. The van der Waals surface area contributed by atoms with Crippen molar-refractivity contribution in [3.8, 4) is 0 Å². The summed E-state index contributed by atoms with van der Waals surface area (Å²) in [5.74, 6) is 0.689. The predicted molar refractivity (Wildman–Crippen MR) is 59.6 cm³/mol. The Morgan fingerprint density at radius 3 is 2.67 bits per heavy atom. The molecule has 4 nitrogen and oxygen atoms in total. The number of rotatable bonds is 4. The van der Waals surface area contributed by atoms with Gasteiger partial charge in [0.15, 0.2) is 9.84 Å². The summed E-state index contributed by atoms with van der Waals surface area (Å²) in [6.45, 7) is 3.64. The van der Waals surface area contributed by atoms with Crippen LogP contribution in [0.5, 0.6) is 0 Å². The van der Waals surface area contributed by atoms with Gasteiger partial charge in [-0.1, -0.05) is 6.92 Å². The van der Waals surface area contributed by atoms with E-state index in [0.717, 1.165) is 13.0 Å². The molecule has 0 aromatic rings. The summed E-state index contributed by atoms with van der Waals surface area (Å²) < 4.78 is 22.6. The maximum absolute atomic E-state index is 11.4. The first-order valence-corrected chi connectivity index (χ1v) is 7.30. The molecule has 1 saturated heterocycles. The lowest BCUT2D eigenvalue weighted by Gasteiger charge is -2.17. The molecule has 0 N–H and O–H groups in total. The Morgan fingerprint density at radius 1 is 1.27 bits per heavy atom. The topological polar surface area (TPSA) is 54.5 Å². The van der Waals surface area contributed by atoms with E-state index < -0.39 is 9.84 Å². The summed E-state index contributed by atoms with van der Waals surface area (Å²) in [5, 5.41) is 0. The summed E-state index contributed by atoms with van der Waals surface area (Å²) in [7, 11) is -2.85. The lowest BCUT2D eigenvalue weighted by Crippen LogP contribution is -2.32. The first kappa shape index (κ1) is 12.6. The molecule has 88 valence electrons. The van der Waals surface area contributed by atoms with Crippen LogP contribution >= 0.6 is 0 Å². The van der Waals surface area contributed by atoms with E-state index in [1.165, 1.54) is 0 Å². The molecule has 5 heteroatoms. The lowest BCUT2D eigenvalue weighted by molar-refractivity contribution is -0.120. The van der Waals surface area contributed by atoms with Crippen LogP contribution in [0.15, 0.2) is 0 Å². The van der Waals surface area contributed by atoms with Crippen molar-refractivity contribution in [3.63, 3.8) is 0 Å². The fourth-order valence-electron chi connectivity index (χ4n) is 1.76. The van der Waals surface area contributed by atoms with Gasteiger partial charge in [0.05, 0.1) is 18.1 Å². The summed E-state index contributed by atoms with van der Waals surface area (Å²) in [5.41, 5.74) is 0. The number of hydrogen-bond acceptors (Lipinski definition) is 4. The Morgan fingerprint density at radius 2 is 2.00 bits per heavy atom. The summed E-state index contributed by atoms with van der Waals surface area (Å²) in [4.78, 5) is 13.4. The van der Waals surface area contributed by atoms with Crippen LogP contribution in [0.25, 0.3) is 0 Å². The first-order chi connectivity index (χ1) is 7.03. The molecule has 0 amide bonds. The molecule has 0 aromatic carbocycles. The molecule has 0 spiro atoms. The highest BCUT2D eigenvalue weighted by Crippen LogP contribution is 2.05. The van der Waals surface area contributed by atoms with E-state index in [-0.39, 0.29) is 17.3 Å². The van der Waals surface area contributed by atoms with Gasteiger partial charge in [0, 0.05) is 13.0 Å². The Bertz CT molecular complexity index is 311. The zero-order valence-corrected chi connectivity index (χ0v) is 10.1. The Kier molecular flexibility index (Phi) is 4.73. The number of sulfone groups is 1. The number of hydrogen-bond donors (Lipinski definition) is 0. The average molecular weight is 233 g/mol. The molecule has 1 aliphatic heterocycles. The average Bonchev–Trinajstić information content (AvgIpc) is 2.28. The first-order valence-electron chi connectivity index (χ1n) is 5.48. The van der Waals surface area contributed by atoms with E-state index in [4.69, 9.17) is 0 Å². The second-order valence-electron chi connectivity index (χ2n) is 4.07. The number of ketones is 1. The van der Waals surface area contributed by atoms with Gasteiger partial charge in [0.25, 0.3) is 0 Å². The molecule has 1 aliphatic rings. The van der Waals surface area contributed by atoms with Crippen molar-refractivity contribution >= 4 is 15.6 Å². The molecule has 0 unspecified atom stereocenters. The molecule has 0 aromatic heterocycles. The number of carbonyl (C=O) groups is 1. The van der Waals surface area contributed by atoms with Crippen LogP contribution in [0.2, 0.25) is 0 Å². The number of nitrogens with zero attached hydrogens (tertiary/aromatic N) is 1. The van der Waals surface area contributed by atoms with Gasteiger partial charge >= 0.3 is 0 Å². The van der Waals surface area contributed by atoms with Gasteiger partial charge in [0.1, 0.15) is 5.78 Å². The molecule has 1 fully saturated rings. The van der Waals surface area contributed by atoms with Gasteiger partial charge < -0.3 is 0 Å². The van der Waals surface area contributed by atoms with E-state index in [2.05, 4.69) is 0 Å². The Hall–Kier alpha value is -0.420. The number of carbonyl (C=O) groups excluding carboxylic acids is 1. The van der Waals surface area contributed by atoms with Gasteiger partial charge in [0.2, 0.25) is 0 Å². The van der Waals surface area contributed by atoms with E-state index >= 15 is 0 Å². The van der Waals surface area contributed by atoms with Crippen LogP contribution in [0.3, 0.4) is 0 Å². The second-order valence-corrected chi connectivity index (χ2v) is 6.37. The molecule has 1 rings (SSSR count). The molecule has 0 radical (unpaired) electrons. The maximum Gasteiger partial charge on any atom is 0.151 e. The van der Waals surface area contributed by atoms with E-state index in [0.29, 0.717) is 25.9 Å². The zero-order valence-electron chi connectivity index (χ0n) is 9.24. The molecule has 0 atom stereocenters. The highest BCUT2D eigenvalue weighted by atomic mass is 32.2. The standard InChI is InChI=1S/C10H19NO3S/c1-2-4-10(12)9-11-5-3-7-15(13,14)8-6-11/h2-9H2,1H3. The normalized spacial score (nSPS) is 22.2. The van der Waals surface area contributed by atoms with Crippen molar-refractivity contribution in [2.24, 2.45) is 0 Å². The molecule has 0 bridgehead atoms. The molecule has 1 heterocycles. The van der Waals surface area contributed by atoms with Crippen molar-refractivity contribution in [3.05, 3.63) is 0 Å². The fraction of sp³-hybridized carbons (Fsp3) is 0.900. The van der Waals surface area contributed by atoms with Crippen molar-refractivity contribution in [2.75, 3.05) is 31.1 Å². The van der Waals surface area contributed by atoms with Gasteiger partial charge in [-0.2, -0.15) is 0 Å². The minimum absolute atomic E-state index is 0.201. The van der Waals surface area contributed by atoms with Crippen molar-refractivity contribution in [1.82, 2.24) is 4.90 Å². The van der Waals surface area contributed by atoms with E-state index in [1.54, 1.807) is 0 Å². The number of Topliss-reactive ketones (excluding diaryl/α,β-unsaturated/α-hetero) is 1. The Labute approximate surface area is 91.6 Å². The monoisotopic (exact) mass is 233 g/mol. The third-order valence-electron chi connectivity index (χ3n) is 2.58. The lowest BCUT2D eigenvalue weighted by atomic mass is 10.2. The fourth-order valence-corrected chi connectivity index (χ4v) is 3.06. The third kappa shape index (κ3) is 4.75. The molecule has 15 heavy (non-hydrogen) atoms. The third-order valence-corrected chi connectivity index (χ3v) is 4.29. The predicted octanol–water partition coefficient (Wildman–Crippen LogP) is 0.476. The summed E-state index contributed by atoms with van der Waals surface area (Å²) in [6.07, 6.45) is 2.12. The largest absolute Gasteiger partial charge is 0.298 e. The molecule has 0 saturated carbocycles. The van der Waals surface area contributed by atoms with Crippen LogP contribution in [-0.2, 0) is 14.6 Å². The second kappa shape index (κ2) is 5.61. The van der Waals surface area contributed by atoms with Crippen LogP contribution in [-0.4, -0.2) is 50.2 Å². The summed E-state index contributed by atoms with van der Waals surface area (Å²) in [6, 6.07) is 0. The SMILES string of the molecule is CCCC(=O)CN1CCCS(=O)(=O)CC1. The van der Waals surface area contributed by atoms with Gasteiger partial charge in [-0.3, -0.25) is 9.69 Å². The van der Waals surface area contributed by atoms with Gasteiger partial charge in [-0.15, -0.1) is 0 Å². The smallest absolute Gasteiger partial charge is 0.151 e. The van der Waals surface area contributed by atoms with Crippen molar-refractivity contribution in [1.29, 1.82) is 0 Å². The van der Waals surface area contributed by atoms with Crippen LogP contribution in [0, 0.1) is 0 Å². The van der Waals surface area contributed by atoms with Crippen LogP contribution < -0.4 is 0 Å². The zero-order chi connectivity index (χ0) is 11.3. The molecular weight excluding hydrogens is 214 g/mol. The minimum atomic E-state index is -2.85. The van der Waals surface area contributed by atoms with Gasteiger partial charge in [-0.25, -0.2) is 8.42 Å². The highest BCUT2D eigenvalue weighted by molar-refractivity contribution is 7.91. The molecule has 0 aliphatic carbocycles. The van der Waals surface area contributed by atoms with E-state index in [1.807, 2.05) is 11.8 Å². The minimum Gasteiger partial charge on any atom is -0.298 e. The van der Waals surface area contributed by atoms with Gasteiger partial charge in [-0.05, 0) is 19.4 Å². The highest BCUT2D eigenvalue weighted by Gasteiger charge is 2.20. The van der Waals surface area contributed by atoms with Crippen molar-refractivity contribution < 1.29 is 13.2 Å². The van der Waals surface area contributed by atoms with Crippen LogP contribution in [0.4, 0.5) is 0 Å².